The van der Waals surface area contributed by atoms with Crippen molar-refractivity contribution < 1.29 is 38.0 Å². The Bertz CT molecular complexity index is 611. The van der Waals surface area contributed by atoms with Gasteiger partial charge in [-0.15, -0.1) is 12.4 Å². The molecular formula is C26H52ClNO8. The first kappa shape index (κ1) is 37.0. The van der Waals surface area contributed by atoms with Crippen LogP contribution in [0.5, 0.6) is 0 Å². The lowest BCUT2D eigenvalue weighted by molar-refractivity contribution is -0.171. The van der Waals surface area contributed by atoms with Gasteiger partial charge in [0.15, 0.2) is 5.60 Å². The molecule has 36 heavy (non-hydrogen) atoms. The summed E-state index contributed by atoms with van der Waals surface area (Å²) in [5.41, 5.74) is -1.80. The first-order chi connectivity index (χ1) is 16.1. The average molecular weight is 542 g/mol. The molecule has 10 heteroatoms. The molecule has 0 spiro atoms. The van der Waals surface area contributed by atoms with E-state index < -0.39 is 29.3 Å². The van der Waals surface area contributed by atoms with Gasteiger partial charge in [-0.3, -0.25) is 0 Å². The third-order valence-corrected chi connectivity index (χ3v) is 5.51. The van der Waals surface area contributed by atoms with Crippen LogP contribution in [0.15, 0.2) is 0 Å². The van der Waals surface area contributed by atoms with Gasteiger partial charge >= 0.3 is 12.1 Å². The van der Waals surface area contributed by atoms with Gasteiger partial charge in [0.25, 0.3) is 0 Å². The lowest BCUT2D eigenvalue weighted by Crippen LogP contribution is -2.45. The van der Waals surface area contributed by atoms with Gasteiger partial charge < -0.3 is 33.7 Å². The summed E-state index contributed by atoms with van der Waals surface area (Å²) in [6.45, 7) is 18.5. The van der Waals surface area contributed by atoms with Crippen LogP contribution in [0.1, 0.15) is 88.0 Å². The number of carbonyl (C=O) groups excluding carboxylic acids is 2. The number of esters is 1. The minimum atomic E-state index is -1.15. The van der Waals surface area contributed by atoms with Gasteiger partial charge in [0.2, 0.25) is 0 Å². The molecule has 9 nitrogen and oxygen atoms in total. The Balaban J connectivity index is 0. The number of halogens is 1. The minimum absolute atomic E-state index is 0. The van der Waals surface area contributed by atoms with Gasteiger partial charge in [0.1, 0.15) is 6.61 Å². The van der Waals surface area contributed by atoms with Crippen LogP contribution in [0.25, 0.3) is 0 Å². The van der Waals surface area contributed by atoms with Crippen molar-refractivity contribution in [3.05, 3.63) is 0 Å². The molecule has 0 fully saturated rings. The van der Waals surface area contributed by atoms with E-state index in [0.29, 0.717) is 26.2 Å². The number of nitrogens with one attached hydrogen (secondary N) is 1. The predicted molar refractivity (Wildman–Crippen MR) is 143 cm³/mol. The first-order valence-corrected chi connectivity index (χ1v) is 12.7. The number of amides is 1. The number of alkyl carbamates (subject to hydrolysis) is 1. The third kappa shape index (κ3) is 18.2. The van der Waals surface area contributed by atoms with E-state index in [4.69, 9.17) is 28.4 Å². The zero-order valence-electron chi connectivity index (χ0n) is 24.2. The summed E-state index contributed by atoms with van der Waals surface area (Å²) in [4.78, 5) is 24.7. The van der Waals surface area contributed by atoms with E-state index in [1.807, 2.05) is 48.5 Å². The number of methoxy groups -OCH3 is 1. The van der Waals surface area contributed by atoms with Crippen LogP contribution in [-0.2, 0) is 33.2 Å². The molecule has 0 aliphatic carbocycles. The van der Waals surface area contributed by atoms with Gasteiger partial charge in [-0.2, -0.15) is 0 Å². The highest BCUT2D eigenvalue weighted by Gasteiger charge is 2.32. The van der Waals surface area contributed by atoms with Crippen molar-refractivity contribution in [2.75, 3.05) is 40.1 Å². The molecule has 0 radical (unpaired) electrons. The van der Waals surface area contributed by atoms with Crippen LogP contribution < -0.4 is 5.32 Å². The second kappa shape index (κ2) is 18.2. The summed E-state index contributed by atoms with van der Waals surface area (Å²) in [5.74, 6) is -0.520. The average Bonchev–Trinajstić information content (AvgIpc) is 2.74. The molecule has 0 rings (SSSR count). The van der Waals surface area contributed by atoms with E-state index in [9.17, 15) is 9.59 Å². The maximum Gasteiger partial charge on any atom is 0.407 e. The zero-order valence-corrected chi connectivity index (χ0v) is 25.0. The smallest absolute Gasteiger partial charge is 0.407 e. The Kier molecular flexibility index (Phi) is 18.7. The van der Waals surface area contributed by atoms with Crippen molar-refractivity contribution in [1.82, 2.24) is 5.32 Å². The lowest BCUT2D eigenvalue weighted by atomic mass is 10.0. The number of ether oxygens (including phenoxy) is 6. The van der Waals surface area contributed by atoms with E-state index in [-0.39, 0.29) is 37.3 Å². The van der Waals surface area contributed by atoms with Crippen LogP contribution >= 0.6 is 12.4 Å². The Hall–Kier alpha value is -1.13. The van der Waals surface area contributed by atoms with Crippen molar-refractivity contribution in [2.45, 2.75) is 117 Å². The van der Waals surface area contributed by atoms with Crippen LogP contribution in [0, 0.1) is 0 Å². The lowest BCUT2D eigenvalue weighted by Gasteiger charge is -2.30. The van der Waals surface area contributed by atoms with Crippen molar-refractivity contribution in [1.29, 1.82) is 0 Å². The fraction of sp³-hybridized carbons (Fsp3) is 0.923. The fourth-order valence-corrected chi connectivity index (χ4v) is 2.67. The second-order valence-electron chi connectivity index (χ2n) is 10.7. The predicted octanol–water partition coefficient (Wildman–Crippen LogP) is 5.07. The first-order valence-electron chi connectivity index (χ1n) is 12.7. The van der Waals surface area contributed by atoms with E-state index >= 15 is 0 Å². The number of rotatable bonds is 19. The minimum Gasteiger partial charge on any atom is -0.461 e. The summed E-state index contributed by atoms with van der Waals surface area (Å²) in [6, 6.07) is -0.532. The highest BCUT2D eigenvalue weighted by Crippen LogP contribution is 2.21. The summed E-state index contributed by atoms with van der Waals surface area (Å²) in [5, 5.41) is 2.71. The van der Waals surface area contributed by atoms with Gasteiger partial charge in [0.05, 0.1) is 49.8 Å². The molecule has 0 bridgehead atoms. The highest BCUT2D eigenvalue weighted by molar-refractivity contribution is 5.85. The SMILES string of the molecule is CCCCOC(=O)NC(COC(=O)C(C)(C)OCCC(C)(C)OCCC(C)(C)OC)COC(C)C.Cl. The van der Waals surface area contributed by atoms with Crippen molar-refractivity contribution in [3.63, 3.8) is 0 Å². The summed E-state index contributed by atoms with van der Waals surface area (Å²) >= 11 is 0. The molecule has 0 aliphatic heterocycles. The van der Waals surface area contributed by atoms with E-state index in [1.165, 1.54) is 0 Å². The molecule has 0 aromatic rings. The fourth-order valence-electron chi connectivity index (χ4n) is 2.67. The number of unbranched alkanes of at least 4 members (excludes halogenated alkanes) is 1. The van der Waals surface area contributed by atoms with Crippen LogP contribution in [0.4, 0.5) is 4.79 Å². The topological polar surface area (TPSA) is 102 Å². The summed E-state index contributed by atoms with van der Waals surface area (Å²) < 4.78 is 33.5. The monoisotopic (exact) mass is 541 g/mol. The molecule has 1 unspecified atom stereocenters. The molecule has 0 saturated heterocycles. The van der Waals surface area contributed by atoms with E-state index in [2.05, 4.69) is 5.32 Å². The molecular weight excluding hydrogens is 490 g/mol. The highest BCUT2D eigenvalue weighted by atomic mass is 35.5. The van der Waals surface area contributed by atoms with E-state index in [0.717, 1.165) is 19.3 Å². The van der Waals surface area contributed by atoms with Crippen LogP contribution in [0.2, 0.25) is 0 Å². The Morgan fingerprint density at radius 2 is 1.42 bits per heavy atom. The number of carbonyl (C=O) groups is 2. The molecule has 0 aliphatic rings. The molecule has 0 aromatic carbocycles. The molecule has 0 aromatic heterocycles. The quantitative estimate of drug-likeness (QED) is 0.179. The molecule has 216 valence electrons. The van der Waals surface area contributed by atoms with Crippen molar-refractivity contribution in [2.24, 2.45) is 0 Å². The maximum absolute atomic E-state index is 12.7. The van der Waals surface area contributed by atoms with Gasteiger partial charge in [-0.1, -0.05) is 13.3 Å². The zero-order chi connectivity index (χ0) is 27.1. The normalized spacial score (nSPS) is 13.2. The molecule has 1 atom stereocenters. The summed E-state index contributed by atoms with van der Waals surface area (Å²) in [6.07, 6.45) is 2.50. The van der Waals surface area contributed by atoms with E-state index in [1.54, 1.807) is 21.0 Å². The second-order valence-corrected chi connectivity index (χ2v) is 10.7. The van der Waals surface area contributed by atoms with Crippen molar-refractivity contribution in [3.8, 4) is 0 Å². The number of hydrogen-bond donors (Lipinski definition) is 1. The van der Waals surface area contributed by atoms with Crippen LogP contribution in [-0.4, -0.2) is 81.2 Å². The Morgan fingerprint density at radius 1 is 0.833 bits per heavy atom. The van der Waals surface area contributed by atoms with Gasteiger partial charge in [-0.05, 0) is 74.7 Å². The molecule has 0 heterocycles. The maximum atomic E-state index is 12.7. The molecule has 1 N–H and O–H groups in total. The molecule has 0 saturated carbocycles. The summed E-state index contributed by atoms with van der Waals surface area (Å²) in [7, 11) is 1.69. The standard InChI is InChI=1S/C26H51NO8.ClH/c1-11-12-15-31-23(29)27-21(18-32-20(2)3)19-33-22(28)26(8,9)35-17-14-25(6,7)34-16-13-24(4,5)30-10;/h20-21H,11-19H2,1-10H3,(H,27,29);1H. The largest absolute Gasteiger partial charge is 0.461 e. The Labute approximate surface area is 225 Å². The van der Waals surface area contributed by atoms with Crippen LogP contribution in [0.3, 0.4) is 0 Å². The van der Waals surface area contributed by atoms with Gasteiger partial charge in [0, 0.05) is 7.11 Å². The number of hydrogen-bond acceptors (Lipinski definition) is 8. The third-order valence-electron chi connectivity index (χ3n) is 5.51. The molecule has 1 amide bonds. The Morgan fingerprint density at radius 3 is 1.97 bits per heavy atom. The van der Waals surface area contributed by atoms with Gasteiger partial charge in [-0.25, -0.2) is 9.59 Å². The van der Waals surface area contributed by atoms with Crippen molar-refractivity contribution >= 4 is 24.5 Å².